The average Bonchev–Trinajstić information content (AvgIpc) is 2.75. The van der Waals surface area contributed by atoms with Gasteiger partial charge in [-0.05, 0) is 26.3 Å². The standard InChI is InChI=1S/C15H25N3O3/c1-4-5-6-7-8-10(2)17-15(21)18-12-9-11(3)16-13(12)14(19)20/h9-10,16H,4-8H2,1-3H3,(H,19,20)(H2,17,18,21). The third kappa shape index (κ3) is 5.89. The number of nitrogens with one attached hydrogen (secondary N) is 3. The van der Waals surface area contributed by atoms with Crippen molar-refractivity contribution < 1.29 is 14.7 Å². The molecule has 118 valence electrons. The quantitative estimate of drug-likeness (QED) is 0.553. The third-order valence-corrected chi connectivity index (χ3v) is 3.28. The maximum Gasteiger partial charge on any atom is 0.354 e. The summed E-state index contributed by atoms with van der Waals surface area (Å²) in [6, 6.07) is 1.30. The molecule has 1 aromatic heterocycles. The van der Waals surface area contributed by atoms with Crippen molar-refractivity contribution in [2.75, 3.05) is 5.32 Å². The zero-order valence-electron chi connectivity index (χ0n) is 13.0. The molecule has 0 aliphatic rings. The van der Waals surface area contributed by atoms with E-state index in [2.05, 4.69) is 22.5 Å². The highest BCUT2D eigenvalue weighted by atomic mass is 16.4. The predicted octanol–water partition coefficient (Wildman–Crippen LogP) is 3.50. The van der Waals surface area contributed by atoms with Crippen molar-refractivity contribution in [1.82, 2.24) is 10.3 Å². The third-order valence-electron chi connectivity index (χ3n) is 3.28. The molecule has 1 heterocycles. The molecular weight excluding hydrogens is 270 g/mol. The van der Waals surface area contributed by atoms with Crippen molar-refractivity contribution in [3.63, 3.8) is 0 Å². The molecule has 0 bridgehead atoms. The van der Waals surface area contributed by atoms with Gasteiger partial charge in [-0.15, -0.1) is 0 Å². The molecule has 1 rings (SSSR count). The number of carboxylic acid groups (broad SMARTS) is 1. The van der Waals surface area contributed by atoms with E-state index in [1.165, 1.54) is 19.3 Å². The summed E-state index contributed by atoms with van der Waals surface area (Å²) in [5, 5.41) is 14.4. The first-order valence-corrected chi connectivity index (χ1v) is 7.44. The lowest BCUT2D eigenvalue weighted by Crippen LogP contribution is -2.36. The Bertz CT molecular complexity index is 483. The summed E-state index contributed by atoms with van der Waals surface area (Å²) in [5.41, 5.74) is 0.976. The van der Waals surface area contributed by atoms with Crippen molar-refractivity contribution in [3.05, 3.63) is 17.5 Å². The molecule has 6 nitrogen and oxygen atoms in total. The summed E-state index contributed by atoms with van der Waals surface area (Å²) in [6.45, 7) is 5.85. The van der Waals surface area contributed by atoms with E-state index in [1.807, 2.05) is 6.92 Å². The fourth-order valence-corrected chi connectivity index (χ4v) is 2.19. The van der Waals surface area contributed by atoms with Gasteiger partial charge >= 0.3 is 12.0 Å². The van der Waals surface area contributed by atoms with Gasteiger partial charge in [0.15, 0.2) is 0 Å². The Balaban J connectivity index is 2.45. The smallest absolute Gasteiger partial charge is 0.354 e. The van der Waals surface area contributed by atoms with Gasteiger partial charge in [0.25, 0.3) is 0 Å². The molecule has 0 radical (unpaired) electrons. The minimum atomic E-state index is -1.09. The monoisotopic (exact) mass is 295 g/mol. The van der Waals surface area contributed by atoms with Gasteiger partial charge in [0.2, 0.25) is 0 Å². The predicted molar refractivity (Wildman–Crippen MR) is 82.9 cm³/mol. The van der Waals surface area contributed by atoms with Crippen LogP contribution < -0.4 is 10.6 Å². The Kier molecular flexibility index (Phi) is 6.78. The Hall–Kier alpha value is -1.98. The highest BCUT2D eigenvalue weighted by Gasteiger charge is 2.16. The largest absolute Gasteiger partial charge is 0.477 e. The summed E-state index contributed by atoms with van der Waals surface area (Å²) < 4.78 is 0. The average molecular weight is 295 g/mol. The lowest BCUT2D eigenvalue weighted by molar-refractivity contribution is 0.0692. The number of H-pyrrole nitrogens is 1. The Morgan fingerprint density at radius 3 is 2.67 bits per heavy atom. The molecule has 6 heteroatoms. The lowest BCUT2D eigenvalue weighted by atomic mass is 10.1. The minimum Gasteiger partial charge on any atom is -0.477 e. The Morgan fingerprint density at radius 2 is 2.05 bits per heavy atom. The molecule has 0 saturated heterocycles. The summed E-state index contributed by atoms with van der Waals surface area (Å²) in [5.74, 6) is -1.09. The van der Waals surface area contributed by atoms with Crippen molar-refractivity contribution in [2.24, 2.45) is 0 Å². The van der Waals surface area contributed by atoms with Gasteiger partial charge in [-0.1, -0.05) is 32.6 Å². The van der Waals surface area contributed by atoms with Crippen LogP contribution in [-0.4, -0.2) is 28.1 Å². The van der Waals surface area contributed by atoms with Crippen LogP contribution in [-0.2, 0) is 0 Å². The van der Waals surface area contributed by atoms with Gasteiger partial charge in [-0.25, -0.2) is 9.59 Å². The molecule has 1 unspecified atom stereocenters. The topological polar surface area (TPSA) is 94.2 Å². The zero-order valence-corrected chi connectivity index (χ0v) is 13.0. The fraction of sp³-hybridized carbons (Fsp3) is 0.600. The van der Waals surface area contributed by atoms with Crippen LogP contribution in [0.5, 0.6) is 0 Å². The van der Waals surface area contributed by atoms with Crippen LogP contribution in [0, 0.1) is 6.92 Å². The molecule has 2 amide bonds. The number of carboxylic acids is 1. The van der Waals surface area contributed by atoms with Gasteiger partial charge in [-0.2, -0.15) is 0 Å². The molecule has 0 aromatic carbocycles. The number of hydrogen-bond acceptors (Lipinski definition) is 2. The first-order chi connectivity index (χ1) is 9.93. The number of aromatic amines is 1. The van der Waals surface area contributed by atoms with Crippen molar-refractivity contribution in [3.8, 4) is 0 Å². The van der Waals surface area contributed by atoms with E-state index in [0.717, 1.165) is 12.8 Å². The first kappa shape index (κ1) is 17.1. The number of unbranched alkanes of at least 4 members (excludes halogenated alkanes) is 3. The summed E-state index contributed by atoms with van der Waals surface area (Å²) in [6.07, 6.45) is 5.57. The van der Waals surface area contributed by atoms with Gasteiger partial charge in [0.1, 0.15) is 5.69 Å². The maximum atomic E-state index is 11.9. The Morgan fingerprint density at radius 1 is 1.33 bits per heavy atom. The molecule has 4 N–H and O–H groups in total. The molecule has 1 atom stereocenters. The SMILES string of the molecule is CCCCCCC(C)NC(=O)Nc1cc(C)[nH]c1C(=O)O. The second-order valence-electron chi connectivity index (χ2n) is 5.40. The van der Waals surface area contributed by atoms with Crippen LogP contribution in [0.15, 0.2) is 6.07 Å². The highest BCUT2D eigenvalue weighted by Crippen LogP contribution is 2.16. The lowest BCUT2D eigenvalue weighted by Gasteiger charge is -2.14. The van der Waals surface area contributed by atoms with Gasteiger partial charge in [-0.3, -0.25) is 0 Å². The second-order valence-corrected chi connectivity index (χ2v) is 5.40. The number of carbonyl (C=O) groups excluding carboxylic acids is 1. The van der Waals surface area contributed by atoms with E-state index >= 15 is 0 Å². The normalized spacial score (nSPS) is 12.0. The molecule has 0 aliphatic carbocycles. The van der Waals surface area contributed by atoms with E-state index in [9.17, 15) is 9.59 Å². The number of aromatic carboxylic acids is 1. The van der Waals surface area contributed by atoms with Gasteiger partial charge in [0, 0.05) is 11.7 Å². The summed E-state index contributed by atoms with van der Waals surface area (Å²) >= 11 is 0. The van der Waals surface area contributed by atoms with E-state index in [-0.39, 0.29) is 23.5 Å². The van der Waals surface area contributed by atoms with E-state index in [0.29, 0.717) is 5.69 Å². The number of carbonyl (C=O) groups is 2. The number of aromatic nitrogens is 1. The molecule has 0 spiro atoms. The molecule has 0 fully saturated rings. The second kappa shape index (κ2) is 8.34. The van der Waals surface area contributed by atoms with Gasteiger partial charge < -0.3 is 20.7 Å². The number of aryl methyl sites for hydroxylation is 1. The van der Waals surface area contributed by atoms with Crippen LogP contribution in [0.2, 0.25) is 0 Å². The van der Waals surface area contributed by atoms with E-state index < -0.39 is 5.97 Å². The molecule has 1 aromatic rings. The maximum absolute atomic E-state index is 11.9. The first-order valence-electron chi connectivity index (χ1n) is 7.44. The van der Waals surface area contributed by atoms with Crippen LogP contribution in [0.3, 0.4) is 0 Å². The van der Waals surface area contributed by atoms with Crippen LogP contribution in [0.1, 0.15) is 62.1 Å². The number of amides is 2. The minimum absolute atomic E-state index is 0.00162. The molecule has 0 saturated carbocycles. The molecule has 0 aliphatic heterocycles. The fourth-order valence-electron chi connectivity index (χ4n) is 2.19. The van der Waals surface area contributed by atoms with Crippen LogP contribution in [0.25, 0.3) is 0 Å². The Labute approximate surface area is 125 Å². The van der Waals surface area contributed by atoms with E-state index in [1.54, 1.807) is 13.0 Å². The number of urea groups is 1. The van der Waals surface area contributed by atoms with Crippen molar-refractivity contribution in [2.45, 2.75) is 58.9 Å². The van der Waals surface area contributed by atoms with Crippen molar-refractivity contribution >= 4 is 17.7 Å². The number of hydrogen-bond donors (Lipinski definition) is 4. The molecular formula is C15H25N3O3. The van der Waals surface area contributed by atoms with Crippen LogP contribution in [0.4, 0.5) is 10.5 Å². The number of rotatable bonds is 8. The summed E-state index contributed by atoms with van der Waals surface area (Å²) in [7, 11) is 0. The summed E-state index contributed by atoms with van der Waals surface area (Å²) in [4.78, 5) is 25.6. The highest BCUT2D eigenvalue weighted by molar-refractivity contribution is 5.99. The van der Waals surface area contributed by atoms with E-state index in [4.69, 9.17) is 5.11 Å². The number of anilines is 1. The van der Waals surface area contributed by atoms with Crippen LogP contribution >= 0.6 is 0 Å². The molecule has 21 heavy (non-hydrogen) atoms. The zero-order chi connectivity index (χ0) is 15.8. The van der Waals surface area contributed by atoms with Gasteiger partial charge in [0.05, 0.1) is 5.69 Å². The van der Waals surface area contributed by atoms with Crippen molar-refractivity contribution in [1.29, 1.82) is 0 Å².